The van der Waals surface area contributed by atoms with Crippen LogP contribution in [-0.4, -0.2) is 36.1 Å². The zero-order valence-corrected chi connectivity index (χ0v) is 13.9. The summed E-state index contributed by atoms with van der Waals surface area (Å²) in [5.41, 5.74) is 2.56. The van der Waals surface area contributed by atoms with Crippen LogP contribution in [0.2, 0.25) is 0 Å². The van der Waals surface area contributed by atoms with Gasteiger partial charge in [0.25, 0.3) is 0 Å². The Kier molecular flexibility index (Phi) is 7.17. The van der Waals surface area contributed by atoms with E-state index in [4.69, 9.17) is 0 Å². The third kappa shape index (κ3) is 6.49. The molecule has 0 bridgehead atoms. The van der Waals surface area contributed by atoms with Crippen molar-refractivity contribution in [1.29, 1.82) is 0 Å². The van der Waals surface area contributed by atoms with Crippen molar-refractivity contribution in [2.24, 2.45) is 5.41 Å². The van der Waals surface area contributed by atoms with Gasteiger partial charge in [-0.1, -0.05) is 33.8 Å². The molecule has 0 saturated heterocycles. The van der Waals surface area contributed by atoms with Crippen LogP contribution in [0.1, 0.15) is 45.5 Å². The molecule has 0 atom stereocenters. The van der Waals surface area contributed by atoms with Gasteiger partial charge in [-0.3, -0.25) is 9.88 Å². The van der Waals surface area contributed by atoms with Gasteiger partial charge in [-0.25, -0.2) is 0 Å². The highest BCUT2D eigenvalue weighted by atomic mass is 15.1. The molecule has 0 aliphatic rings. The van der Waals surface area contributed by atoms with Gasteiger partial charge in [0.2, 0.25) is 0 Å². The van der Waals surface area contributed by atoms with Gasteiger partial charge in [0.15, 0.2) is 0 Å². The topological polar surface area (TPSA) is 28.2 Å². The molecule has 20 heavy (non-hydrogen) atoms. The monoisotopic (exact) mass is 277 g/mol. The average Bonchev–Trinajstić information content (AvgIpc) is 2.38. The predicted molar refractivity (Wildman–Crippen MR) is 86.9 cm³/mol. The molecule has 1 rings (SSSR count). The smallest absolute Gasteiger partial charge is 0.0547 e. The lowest BCUT2D eigenvalue weighted by atomic mass is 9.92. The highest BCUT2D eigenvalue weighted by molar-refractivity contribution is 5.09. The molecule has 0 aromatic carbocycles. The fourth-order valence-corrected chi connectivity index (χ4v) is 2.46. The van der Waals surface area contributed by atoms with Crippen molar-refractivity contribution >= 4 is 0 Å². The van der Waals surface area contributed by atoms with E-state index < -0.39 is 0 Å². The van der Waals surface area contributed by atoms with Gasteiger partial charge < -0.3 is 5.32 Å². The van der Waals surface area contributed by atoms with Crippen LogP contribution in [0.25, 0.3) is 0 Å². The van der Waals surface area contributed by atoms with E-state index in [1.54, 1.807) is 0 Å². The molecule has 0 radical (unpaired) electrons. The Hall–Kier alpha value is -0.930. The van der Waals surface area contributed by atoms with Crippen molar-refractivity contribution in [1.82, 2.24) is 15.2 Å². The van der Waals surface area contributed by atoms with E-state index in [-0.39, 0.29) is 5.41 Å². The Morgan fingerprint density at radius 2 is 2.00 bits per heavy atom. The second kappa shape index (κ2) is 8.38. The van der Waals surface area contributed by atoms with Crippen molar-refractivity contribution in [2.75, 3.05) is 26.2 Å². The number of aromatic nitrogens is 1. The highest BCUT2D eigenvalue weighted by Crippen LogP contribution is 2.17. The molecule has 0 amide bonds. The molecule has 0 spiro atoms. The first-order valence-electron chi connectivity index (χ1n) is 7.82. The zero-order valence-electron chi connectivity index (χ0n) is 13.9. The van der Waals surface area contributed by atoms with Crippen LogP contribution >= 0.6 is 0 Å². The van der Waals surface area contributed by atoms with Gasteiger partial charge in [-0.2, -0.15) is 0 Å². The first-order valence-corrected chi connectivity index (χ1v) is 7.82. The molecule has 1 aromatic heterocycles. The van der Waals surface area contributed by atoms with Crippen LogP contribution in [0.15, 0.2) is 18.2 Å². The Balaban J connectivity index is 2.53. The van der Waals surface area contributed by atoms with E-state index in [1.165, 1.54) is 12.1 Å². The van der Waals surface area contributed by atoms with E-state index in [0.717, 1.165) is 38.4 Å². The summed E-state index contributed by atoms with van der Waals surface area (Å²) in [7, 11) is 0. The molecule has 1 N–H and O–H groups in total. The van der Waals surface area contributed by atoms with Crippen molar-refractivity contribution in [3.8, 4) is 0 Å². The maximum atomic E-state index is 4.61. The fraction of sp³-hybridized carbons (Fsp3) is 0.706. The fourth-order valence-electron chi connectivity index (χ4n) is 2.46. The minimum absolute atomic E-state index is 0.287. The lowest BCUT2D eigenvalue weighted by Crippen LogP contribution is -2.40. The maximum Gasteiger partial charge on any atom is 0.0547 e. The first kappa shape index (κ1) is 17.1. The van der Waals surface area contributed by atoms with Gasteiger partial charge in [-0.15, -0.1) is 0 Å². The summed E-state index contributed by atoms with van der Waals surface area (Å²) in [6.07, 6.45) is 1.20. The van der Waals surface area contributed by atoms with Gasteiger partial charge in [-0.05, 0) is 44.0 Å². The molecule has 1 aromatic rings. The van der Waals surface area contributed by atoms with Crippen LogP contribution in [0.4, 0.5) is 0 Å². The van der Waals surface area contributed by atoms with Gasteiger partial charge >= 0.3 is 0 Å². The third-order valence-corrected chi connectivity index (χ3v) is 3.46. The zero-order chi connectivity index (χ0) is 15.0. The molecule has 0 aliphatic heterocycles. The van der Waals surface area contributed by atoms with Crippen molar-refractivity contribution in [2.45, 2.75) is 47.6 Å². The lowest BCUT2D eigenvalue weighted by molar-refractivity contribution is 0.173. The van der Waals surface area contributed by atoms with Gasteiger partial charge in [0.05, 0.1) is 5.69 Å². The van der Waals surface area contributed by atoms with Crippen molar-refractivity contribution < 1.29 is 0 Å². The quantitative estimate of drug-likeness (QED) is 0.702. The molecular weight excluding hydrogens is 246 g/mol. The lowest BCUT2D eigenvalue weighted by Gasteiger charge is -2.32. The van der Waals surface area contributed by atoms with Crippen LogP contribution in [0.3, 0.4) is 0 Å². The van der Waals surface area contributed by atoms with Gasteiger partial charge in [0, 0.05) is 25.3 Å². The van der Waals surface area contributed by atoms with Crippen molar-refractivity contribution in [3.63, 3.8) is 0 Å². The number of hydrogen-bond acceptors (Lipinski definition) is 3. The summed E-state index contributed by atoms with van der Waals surface area (Å²) in [6, 6.07) is 6.27. The summed E-state index contributed by atoms with van der Waals surface area (Å²) in [6.45, 7) is 16.4. The number of nitrogens with zero attached hydrogens (tertiary/aromatic N) is 2. The molecule has 0 unspecified atom stereocenters. The van der Waals surface area contributed by atoms with Crippen LogP contribution in [-0.2, 0) is 6.54 Å². The molecule has 3 nitrogen and oxygen atoms in total. The van der Waals surface area contributed by atoms with Crippen LogP contribution < -0.4 is 5.32 Å². The average molecular weight is 277 g/mol. The first-order chi connectivity index (χ1) is 9.46. The van der Waals surface area contributed by atoms with E-state index in [0.29, 0.717) is 0 Å². The molecule has 0 aliphatic carbocycles. The molecule has 3 heteroatoms. The maximum absolute atomic E-state index is 4.61. The number of rotatable bonds is 9. The Morgan fingerprint density at radius 3 is 2.60 bits per heavy atom. The predicted octanol–water partition coefficient (Wildman–Crippen LogP) is 3.24. The van der Waals surface area contributed by atoms with E-state index >= 15 is 0 Å². The Morgan fingerprint density at radius 1 is 1.25 bits per heavy atom. The van der Waals surface area contributed by atoms with Gasteiger partial charge in [0.1, 0.15) is 0 Å². The SMILES string of the molecule is CCCNCC(C)(C)CN(CC)Cc1cccc(C)n1. The highest BCUT2D eigenvalue weighted by Gasteiger charge is 2.21. The summed E-state index contributed by atoms with van der Waals surface area (Å²) >= 11 is 0. The van der Waals surface area contributed by atoms with E-state index in [1.807, 2.05) is 0 Å². The summed E-state index contributed by atoms with van der Waals surface area (Å²) in [5.74, 6) is 0. The second-order valence-corrected chi connectivity index (χ2v) is 6.41. The molecule has 0 fully saturated rings. The van der Waals surface area contributed by atoms with Crippen molar-refractivity contribution in [3.05, 3.63) is 29.6 Å². The summed E-state index contributed by atoms with van der Waals surface area (Å²) < 4.78 is 0. The summed E-state index contributed by atoms with van der Waals surface area (Å²) in [4.78, 5) is 7.09. The second-order valence-electron chi connectivity index (χ2n) is 6.41. The minimum atomic E-state index is 0.287. The van der Waals surface area contributed by atoms with E-state index in [2.05, 4.69) is 68.0 Å². The standard InChI is InChI=1S/C17H31N3/c1-6-11-18-13-17(4,5)14-20(7-2)12-16-10-8-9-15(3)19-16/h8-10,18H,6-7,11-14H2,1-5H3. The largest absolute Gasteiger partial charge is 0.316 e. The number of pyridine rings is 1. The Labute approximate surface area is 124 Å². The summed E-state index contributed by atoms with van der Waals surface area (Å²) in [5, 5.41) is 3.54. The van der Waals surface area contributed by atoms with Crippen LogP contribution in [0.5, 0.6) is 0 Å². The number of hydrogen-bond donors (Lipinski definition) is 1. The number of nitrogens with one attached hydrogen (secondary N) is 1. The van der Waals surface area contributed by atoms with Crippen LogP contribution in [0, 0.1) is 12.3 Å². The molecule has 114 valence electrons. The molecular formula is C17H31N3. The third-order valence-electron chi connectivity index (χ3n) is 3.46. The minimum Gasteiger partial charge on any atom is -0.316 e. The van der Waals surface area contributed by atoms with E-state index in [9.17, 15) is 0 Å². The molecule has 0 saturated carbocycles. The molecule has 1 heterocycles. The Bertz CT molecular complexity index is 388. The normalized spacial score (nSPS) is 12.1. The number of aryl methyl sites for hydroxylation is 1.